The largest absolute Gasteiger partial charge is 0.503 e. The van der Waals surface area contributed by atoms with E-state index in [0.717, 1.165) is 0 Å². The second-order valence-electron chi connectivity index (χ2n) is 6.60. The lowest BCUT2D eigenvalue weighted by Gasteiger charge is -2.27. The first-order valence-corrected chi connectivity index (χ1v) is 9.11. The number of hydrogen-bond donors (Lipinski definition) is 1. The quantitative estimate of drug-likeness (QED) is 0.513. The van der Waals surface area contributed by atoms with Crippen molar-refractivity contribution in [2.24, 2.45) is 0 Å². The number of aliphatic hydroxyl groups is 1. The van der Waals surface area contributed by atoms with Crippen molar-refractivity contribution < 1.29 is 28.6 Å². The Kier molecular flexibility index (Phi) is 4.93. The van der Waals surface area contributed by atoms with E-state index in [0.29, 0.717) is 11.3 Å². The van der Waals surface area contributed by atoms with Gasteiger partial charge < -0.3 is 14.3 Å². The topological polar surface area (TPSA) is 97.0 Å². The van der Waals surface area contributed by atoms with Crippen LogP contribution in [0.3, 0.4) is 0 Å². The number of ketones is 1. The van der Waals surface area contributed by atoms with Crippen LogP contribution in [0.15, 0.2) is 88.7 Å². The Balaban J connectivity index is 1.86. The number of furan rings is 1. The molecular weight excluding hydrogens is 386 g/mol. The SMILES string of the molecule is COC(=O)c1cccc(N2C(=O)C(O)=C(C(=O)c3ccco3)C2c2ccccc2)c1. The van der Waals surface area contributed by atoms with Gasteiger partial charge in [0.25, 0.3) is 5.91 Å². The first-order valence-electron chi connectivity index (χ1n) is 9.11. The van der Waals surface area contributed by atoms with Gasteiger partial charge in [0.05, 0.1) is 30.6 Å². The van der Waals surface area contributed by atoms with Gasteiger partial charge in [-0.1, -0.05) is 36.4 Å². The molecule has 0 spiro atoms. The molecule has 1 amide bonds. The van der Waals surface area contributed by atoms with Crippen molar-refractivity contribution in [2.75, 3.05) is 12.0 Å². The van der Waals surface area contributed by atoms with Crippen LogP contribution < -0.4 is 4.90 Å². The lowest BCUT2D eigenvalue weighted by molar-refractivity contribution is -0.117. The van der Waals surface area contributed by atoms with Gasteiger partial charge in [0.15, 0.2) is 11.5 Å². The Morgan fingerprint density at radius 2 is 1.80 bits per heavy atom. The number of esters is 1. The molecule has 1 aromatic heterocycles. The highest BCUT2D eigenvalue weighted by Gasteiger charge is 2.45. The fraction of sp³-hybridized carbons (Fsp3) is 0.0870. The molecule has 1 atom stereocenters. The van der Waals surface area contributed by atoms with Crippen molar-refractivity contribution in [1.29, 1.82) is 0 Å². The van der Waals surface area contributed by atoms with E-state index >= 15 is 0 Å². The number of carbonyl (C=O) groups is 3. The normalized spacial score (nSPS) is 16.1. The zero-order valence-corrected chi connectivity index (χ0v) is 15.9. The van der Waals surface area contributed by atoms with Crippen LogP contribution in [0, 0.1) is 0 Å². The average Bonchev–Trinajstić information content (AvgIpc) is 3.41. The molecule has 2 heterocycles. The minimum absolute atomic E-state index is 0.00967. The molecule has 1 aliphatic heterocycles. The minimum atomic E-state index is -0.899. The summed E-state index contributed by atoms with van der Waals surface area (Å²) in [5.41, 5.74) is 1.10. The van der Waals surface area contributed by atoms with Gasteiger partial charge in [-0.25, -0.2) is 4.79 Å². The molecule has 0 aliphatic carbocycles. The molecular formula is C23H17NO6. The number of nitrogens with zero attached hydrogens (tertiary/aromatic N) is 1. The van der Waals surface area contributed by atoms with Crippen molar-refractivity contribution >= 4 is 23.3 Å². The third-order valence-electron chi connectivity index (χ3n) is 4.86. The zero-order chi connectivity index (χ0) is 21.3. The number of aliphatic hydroxyl groups excluding tert-OH is 1. The Labute approximate surface area is 171 Å². The van der Waals surface area contributed by atoms with Crippen LogP contribution in [0.25, 0.3) is 0 Å². The Hall–Kier alpha value is -4.13. The summed E-state index contributed by atoms with van der Waals surface area (Å²) in [6.07, 6.45) is 1.34. The van der Waals surface area contributed by atoms with Gasteiger partial charge in [-0.05, 0) is 35.9 Å². The molecule has 2 aromatic carbocycles. The number of benzene rings is 2. The van der Waals surface area contributed by atoms with E-state index in [-0.39, 0.29) is 16.9 Å². The average molecular weight is 403 g/mol. The highest BCUT2D eigenvalue weighted by Crippen LogP contribution is 2.42. The van der Waals surface area contributed by atoms with Crippen molar-refractivity contribution in [1.82, 2.24) is 0 Å². The number of carbonyl (C=O) groups excluding carboxylic acids is 3. The highest BCUT2D eigenvalue weighted by atomic mass is 16.5. The summed E-state index contributed by atoms with van der Waals surface area (Å²) in [5.74, 6) is -2.56. The van der Waals surface area contributed by atoms with E-state index < -0.39 is 29.5 Å². The fourth-order valence-corrected chi connectivity index (χ4v) is 3.50. The maximum atomic E-state index is 13.1. The predicted octanol–water partition coefficient (Wildman–Crippen LogP) is 3.85. The van der Waals surface area contributed by atoms with Crippen molar-refractivity contribution in [3.8, 4) is 0 Å². The van der Waals surface area contributed by atoms with Gasteiger partial charge in [-0.15, -0.1) is 0 Å². The minimum Gasteiger partial charge on any atom is -0.503 e. The van der Waals surface area contributed by atoms with Crippen LogP contribution in [0.4, 0.5) is 5.69 Å². The van der Waals surface area contributed by atoms with E-state index in [9.17, 15) is 19.5 Å². The number of amides is 1. The number of rotatable bonds is 5. The first-order chi connectivity index (χ1) is 14.5. The van der Waals surface area contributed by atoms with E-state index in [1.165, 1.54) is 30.4 Å². The van der Waals surface area contributed by atoms with E-state index in [1.54, 1.807) is 54.6 Å². The van der Waals surface area contributed by atoms with Crippen LogP contribution in [-0.2, 0) is 9.53 Å². The number of hydrogen-bond acceptors (Lipinski definition) is 6. The molecule has 4 rings (SSSR count). The van der Waals surface area contributed by atoms with Crippen LogP contribution >= 0.6 is 0 Å². The van der Waals surface area contributed by atoms with Crippen LogP contribution in [0.2, 0.25) is 0 Å². The predicted molar refractivity (Wildman–Crippen MR) is 107 cm³/mol. The van der Waals surface area contributed by atoms with Crippen LogP contribution in [0.1, 0.15) is 32.5 Å². The second kappa shape index (κ2) is 7.71. The fourth-order valence-electron chi connectivity index (χ4n) is 3.50. The maximum absolute atomic E-state index is 13.1. The summed E-state index contributed by atoms with van der Waals surface area (Å²) in [7, 11) is 1.26. The number of anilines is 1. The zero-order valence-electron chi connectivity index (χ0n) is 15.9. The molecule has 0 fully saturated rings. The Morgan fingerprint density at radius 3 is 2.47 bits per heavy atom. The Morgan fingerprint density at radius 1 is 1.03 bits per heavy atom. The first kappa shape index (κ1) is 19.2. The molecule has 150 valence electrons. The van der Waals surface area contributed by atoms with Crippen LogP contribution in [-0.4, -0.2) is 29.9 Å². The molecule has 3 aromatic rings. The van der Waals surface area contributed by atoms with Crippen molar-refractivity contribution in [2.45, 2.75) is 6.04 Å². The van der Waals surface area contributed by atoms with Crippen molar-refractivity contribution in [3.63, 3.8) is 0 Å². The van der Waals surface area contributed by atoms with Gasteiger partial charge in [0.2, 0.25) is 5.78 Å². The van der Waals surface area contributed by atoms with Crippen molar-refractivity contribution in [3.05, 3.63) is 101 Å². The summed E-state index contributed by atoms with van der Waals surface area (Å²) in [6.45, 7) is 0. The van der Waals surface area contributed by atoms with Gasteiger partial charge in [0.1, 0.15) is 0 Å². The molecule has 1 N–H and O–H groups in total. The van der Waals surface area contributed by atoms with Crippen LogP contribution in [0.5, 0.6) is 0 Å². The Bertz CT molecular complexity index is 1150. The maximum Gasteiger partial charge on any atom is 0.337 e. The lowest BCUT2D eigenvalue weighted by Crippen LogP contribution is -2.31. The summed E-state index contributed by atoms with van der Waals surface area (Å²) in [4.78, 5) is 39.4. The lowest BCUT2D eigenvalue weighted by atomic mass is 9.95. The van der Waals surface area contributed by atoms with Gasteiger partial charge in [-0.3, -0.25) is 14.5 Å². The molecule has 0 saturated carbocycles. The summed E-state index contributed by atoms with van der Waals surface area (Å²) < 4.78 is 9.95. The van der Waals surface area contributed by atoms with Gasteiger partial charge in [-0.2, -0.15) is 0 Å². The monoisotopic (exact) mass is 403 g/mol. The molecule has 1 unspecified atom stereocenters. The molecule has 0 radical (unpaired) electrons. The summed E-state index contributed by atoms with van der Waals surface area (Å²) >= 11 is 0. The van der Waals surface area contributed by atoms with E-state index in [2.05, 4.69) is 0 Å². The standard InChI is InChI=1S/C23H17NO6/c1-29-23(28)15-9-5-10-16(13-15)24-19(14-7-3-2-4-8-14)18(21(26)22(24)27)20(25)17-11-6-12-30-17/h2-13,19,26H,1H3. The summed E-state index contributed by atoms with van der Waals surface area (Å²) in [6, 6.07) is 17.2. The smallest absolute Gasteiger partial charge is 0.337 e. The molecule has 0 saturated heterocycles. The molecule has 1 aliphatic rings. The number of methoxy groups -OCH3 is 1. The number of ether oxygens (including phenoxy) is 1. The molecule has 30 heavy (non-hydrogen) atoms. The van der Waals surface area contributed by atoms with Gasteiger partial charge >= 0.3 is 5.97 Å². The second-order valence-corrected chi connectivity index (χ2v) is 6.60. The third-order valence-corrected chi connectivity index (χ3v) is 4.86. The molecule has 7 nitrogen and oxygen atoms in total. The van der Waals surface area contributed by atoms with Gasteiger partial charge in [0, 0.05) is 5.69 Å². The molecule has 0 bridgehead atoms. The third kappa shape index (κ3) is 3.16. The number of Topliss-reactive ketones (excluding diaryl/α,β-unsaturated/α-hetero) is 1. The van der Waals surface area contributed by atoms with E-state index in [4.69, 9.17) is 9.15 Å². The van der Waals surface area contributed by atoms with E-state index in [1.807, 2.05) is 0 Å². The molecule has 7 heteroatoms. The summed E-state index contributed by atoms with van der Waals surface area (Å²) in [5, 5.41) is 10.6. The highest BCUT2D eigenvalue weighted by molar-refractivity contribution is 6.20.